The van der Waals surface area contributed by atoms with Gasteiger partial charge in [0, 0.05) is 12.6 Å². The van der Waals surface area contributed by atoms with Gasteiger partial charge in [-0.3, -0.25) is 9.59 Å². The van der Waals surface area contributed by atoms with E-state index in [0.29, 0.717) is 21.8 Å². The van der Waals surface area contributed by atoms with Gasteiger partial charge in [-0.15, -0.1) is 11.3 Å². The number of anilines is 1. The van der Waals surface area contributed by atoms with Crippen LogP contribution in [0.1, 0.15) is 51.3 Å². The zero-order valence-corrected chi connectivity index (χ0v) is 16.5. The summed E-state index contributed by atoms with van der Waals surface area (Å²) in [5.74, 6) is -0.202. The van der Waals surface area contributed by atoms with Crippen molar-refractivity contribution in [1.82, 2.24) is 4.90 Å². The summed E-state index contributed by atoms with van der Waals surface area (Å²) in [5, 5.41) is 3.42. The SMILES string of the molecule is Cc1cc(NC(=O)c2ccc(F)cc2Cl)sc1C(=O)N(CC1CC1)C1CC1. The van der Waals surface area contributed by atoms with Gasteiger partial charge in [-0.25, -0.2) is 4.39 Å². The van der Waals surface area contributed by atoms with Gasteiger partial charge in [-0.2, -0.15) is 0 Å². The van der Waals surface area contributed by atoms with Crippen molar-refractivity contribution in [2.45, 2.75) is 38.6 Å². The molecule has 7 heteroatoms. The summed E-state index contributed by atoms with van der Waals surface area (Å²) in [7, 11) is 0. The molecule has 1 N–H and O–H groups in total. The van der Waals surface area contributed by atoms with Crippen molar-refractivity contribution < 1.29 is 14.0 Å². The molecule has 0 atom stereocenters. The first-order valence-corrected chi connectivity index (χ1v) is 10.3. The molecule has 2 saturated carbocycles. The molecule has 0 unspecified atom stereocenters. The zero-order valence-electron chi connectivity index (χ0n) is 14.9. The zero-order chi connectivity index (χ0) is 19.1. The Kier molecular flexibility index (Phi) is 4.95. The number of hydrogen-bond acceptors (Lipinski definition) is 3. The molecule has 0 aliphatic heterocycles. The van der Waals surface area contributed by atoms with Crippen LogP contribution in [0.25, 0.3) is 0 Å². The minimum absolute atomic E-state index is 0.0569. The van der Waals surface area contributed by atoms with E-state index < -0.39 is 11.7 Å². The van der Waals surface area contributed by atoms with Crippen LogP contribution in [0.3, 0.4) is 0 Å². The minimum Gasteiger partial charge on any atom is -0.335 e. The number of carbonyl (C=O) groups is 2. The second kappa shape index (κ2) is 7.24. The van der Waals surface area contributed by atoms with E-state index in [9.17, 15) is 14.0 Å². The molecule has 4 rings (SSSR count). The molecule has 142 valence electrons. The van der Waals surface area contributed by atoms with Crippen molar-refractivity contribution in [3.05, 3.63) is 51.1 Å². The topological polar surface area (TPSA) is 49.4 Å². The molecular weight excluding hydrogens is 387 g/mol. The van der Waals surface area contributed by atoms with Crippen molar-refractivity contribution in [3.63, 3.8) is 0 Å². The molecule has 2 aromatic rings. The molecule has 27 heavy (non-hydrogen) atoms. The third-order valence-electron chi connectivity index (χ3n) is 4.92. The summed E-state index contributed by atoms with van der Waals surface area (Å²) in [4.78, 5) is 28.2. The first kappa shape index (κ1) is 18.4. The third kappa shape index (κ3) is 4.17. The summed E-state index contributed by atoms with van der Waals surface area (Å²) in [6.07, 6.45) is 4.57. The van der Waals surface area contributed by atoms with Gasteiger partial charge in [0.1, 0.15) is 5.82 Å². The lowest BCUT2D eigenvalue weighted by Crippen LogP contribution is -2.34. The molecule has 2 amide bonds. The van der Waals surface area contributed by atoms with Gasteiger partial charge in [0.15, 0.2) is 0 Å². The smallest absolute Gasteiger partial charge is 0.264 e. The molecule has 4 nitrogen and oxygen atoms in total. The van der Waals surface area contributed by atoms with E-state index in [1.165, 1.54) is 36.3 Å². The molecule has 2 aliphatic rings. The summed E-state index contributed by atoms with van der Waals surface area (Å²) in [6.45, 7) is 2.72. The normalized spacial score (nSPS) is 16.3. The average molecular weight is 407 g/mol. The third-order valence-corrected chi connectivity index (χ3v) is 6.38. The Balaban J connectivity index is 1.50. The van der Waals surface area contributed by atoms with E-state index in [-0.39, 0.29) is 16.5 Å². The standard InChI is InChI=1S/C20H20ClFN2O2S/c1-11-8-17(23-19(25)15-7-4-13(22)9-16(15)21)27-18(11)20(26)24(14-5-6-14)10-12-2-3-12/h4,7-9,12,14H,2-3,5-6,10H2,1H3,(H,23,25). The molecule has 1 heterocycles. The van der Waals surface area contributed by atoms with Gasteiger partial charge in [0.2, 0.25) is 0 Å². The quantitative estimate of drug-likeness (QED) is 0.724. The number of amides is 2. The molecular formula is C20H20ClFN2O2S. The molecule has 0 saturated heterocycles. The second-order valence-corrected chi connectivity index (χ2v) is 8.79. The van der Waals surface area contributed by atoms with E-state index in [2.05, 4.69) is 5.32 Å². The van der Waals surface area contributed by atoms with Crippen LogP contribution in [-0.2, 0) is 0 Å². The number of hydrogen-bond donors (Lipinski definition) is 1. The maximum Gasteiger partial charge on any atom is 0.264 e. The van der Waals surface area contributed by atoms with Gasteiger partial charge < -0.3 is 10.2 Å². The van der Waals surface area contributed by atoms with Gasteiger partial charge in [-0.05, 0) is 68.4 Å². The Morgan fingerprint density at radius 3 is 2.63 bits per heavy atom. The molecule has 1 aromatic carbocycles. The number of thiophene rings is 1. The fourth-order valence-corrected chi connectivity index (χ4v) is 4.38. The average Bonchev–Trinajstić information content (AvgIpc) is 3.51. The Morgan fingerprint density at radius 2 is 2.00 bits per heavy atom. The largest absolute Gasteiger partial charge is 0.335 e. The summed E-state index contributed by atoms with van der Waals surface area (Å²) < 4.78 is 13.2. The van der Waals surface area contributed by atoms with E-state index in [1.54, 1.807) is 6.07 Å². The van der Waals surface area contributed by atoms with E-state index in [0.717, 1.165) is 31.0 Å². The predicted octanol–water partition coefficient (Wildman–Crippen LogP) is 5.12. The summed E-state index contributed by atoms with van der Waals surface area (Å²) in [5.41, 5.74) is 1.05. The molecule has 0 bridgehead atoms. The van der Waals surface area contributed by atoms with Crippen LogP contribution in [0.15, 0.2) is 24.3 Å². The van der Waals surface area contributed by atoms with Crippen LogP contribution in [0.5, 0.6) is 0 Å². The minimum atomic E-state index is -0.493. The Hall–Kier alpha value is -1.92. The van der Waals surface area contributed by atoms with Crippen LogP contribution < -0.4 is 5.32 Å². The molecule has 0 radical (unpaired) electrons. The van der Waals surface area contributed by atoms with Crippen molar-refractivity contribution in [2.24, 2.45) is 5.92 Å². The fraction of sp³-hybridized carbons (Fsp3) is 0.400. The number of halogens is 2. The van der Waals surface area contributed by atoms with E-state index in [1.807, 2.05) is 11.8 Å². The van der Waals surface area contributed by atoms with Crippen LogP contribution in [-0.4, -0.2) is 29.3 Å². The lowest BCUT2D eigenvalue weighted by Gasteiger charge is -2.22. The number of rotatable bonds is 6. The fourth-order valence-electron chi connectivity index (χ4n) is 3.10. The van der Waals surface area contributed by atoms with Gasteiger partial charge >= 0.3 is 0 Å². The molecule has 1 aromatic heterocycles. The van der Waals surface area contributed by atoms with E-state index in [4.69, 9.17) is 11.6 Å². The summed E-state index contributed by atoms with van der Waals surface area (Å²) >= 11 is 7.24. The highest BCUT2D eigenvalue weighted by molar-refractivity contribution is 7.18. The number of carbonyl (C=O) groups excluding carboxylic acids is 2. The van der Waals surface area contributed by atoms with Crippen LogP contribution in [0.2, 0.25) is 5.02 Å². The number of nitrogens with zero attached hydrogens (tertiary/aromatic N) is 1. The Morgan fingerprint density at radius 1 is 1.26 bits per heavy atom. The van der Waals surface area contributed by atoms with Gasteiger partial charge in [0.05, 0.1) is 20.5 Å². The highest BCUT2D eigenvalue weighted by atomic mass is 35.5. The molecule has 2 fully saturated rings. The second-order valence-electron chi connectivity index (χ2n) is 7.33. The van der Waals surface area contributed by atoms with Crippen LogP contribution in [0.4, 0.5) is 9.39 Å². The van der Waals surface area contributed by atoms with Gasteiger partial charge in [-0.1, -0.05) is 11.6 Å². The monoisotopic (exact) mass is 406 g/mol. The Labute approximate surface area is 166 Å². The highest BCUT2D eigenvalue weighted by Gasteiger charge is 2.37. The van der Waals surface area contributed by atoms with Crippen molar-refractivity contribution in [2.75, 3.05) is 11.9 Å². The summed E-state index contributed by atoms with van der Waals surface area (Å²) in [6, 6.07) is 5.83. The van der Waals surface area contributed by atoms with Crippen molar-refractivity contribution in [3.8, 4) is 0 Å². The number of aryl methyl sites for hydroxylation is 1. The van der Waals surface area contributed by atoms with Gasteiger partial charge in [0.25, 0.3) is 11.8 Å². The molecule has 0 spiro atoms. The lowest BCUT2D eigenvalue weighted by molar-refractivity contribution is 0.0739. The first-order valence-electron chi connectivity index (χ1n) is 9.10. The maximum absolute atomic E-state index is 13.2. The number of benzene rings is 1. The maximum atomic E-state index is 13.2. The van der Waals surface area contributed by atoms with Crippen LogP contribution in [0, 0.1) is 18.7 Å². The van der Waals surface area contributed by atoms with Crippen molar-refractivity contribution in [1.29, 1.82) is 0 Å². The lowest BCUT2D eigenvalue weighted by atomic mass is 10.2. The predicted molar refractivity (Wildman–Crippen MR) is 105 cm³/mol. The highest BCUT2D eigenvalue weighted by Crippen LogP contribution is 2.37. The van der Waals surface area contributed by atoms with Crippen LogP contribution >= 0.6 is 22.9 Å². The number of nitrogens with one attached hydrogen (secondary N) is 1. The Bertz CT molecular complexity index is 905. The van der Waals surface area contributed by atoms with E-state index >= 15 is 0 Å². The van der Waals surface area contributed by atoms with Crippen molar-refractivity contribution >= 4 is 39.8 Å². The molecule has 2 aliphatic carbocycles. The first-order chi connectivity index (χ1) is 12.9.